The molecule has 160 valence electrons. The topological polar surface area (TPSA) is 108 Å². The van der Waals surface area contributed by atoms with Crippen LogP contribution in [-0.2, 0) is 14.3 Å². The summed E-state index contributed by atoms with van der Waals surface area (Å²) in [6.07, 6.45) is 1.33. The standard InChI is InChI=1S/C19H35N5O4/c1-19(2,3)28-18(27)21-15(13-16(20)25)17(26)24-11-9-23(10-12-24)14-5-7-22(4)8-6-14/h14-15H,5-13H2,1-4H3,(H2,20,25)(H,21,27)/t15-/m0/s1. The van der Waals surface area contributed by atoms with Crippen molar-refractivity contribution in [2.24, 2.45) is 5.73 Å². The molecule has 2 rings (SSSR count). The van der Waals surface area contributed by atoms with Gasteiger partial charge in [0.15, 0.2) is 0 Å². The SMILES string of the molecule is CN1CCC(N2CCN(C(=O)[C@H](CC(N)=O)NC(=O)OC(C)(C)C)CC2)CC1. The van der Waals surface area contributed by atoms with Crippen LogP contribution in [0, 0.1) is 0 Å². The smallest absolute Gasteiger partial charge is 0.408 e. The van der Waals surface area contributed by atoms with Crippen LogP contribution in [0.25, 0.3) is 0 Å². The molecular weight excluding hydrogens is 362 g/mol. The summed E-state index contributed by atoms with van der Waals surface area (Å²) in [5, 5.41) is 2.51. The normalized spacial score (nSPS) is 21.2. The van der Waals surface area contributed by atoms with Crippen molar-refractivity contribution in [2.75, 3.05) is 46.3 Å². The maximum Gasteiger partial charge on any atom is 0.408 e. The number of amides is 3. The van der Waals surface area contributed by atoms with Crippen LogP contribution in [0.4, 0.5) is 4.79 Å². The highest BCUT2D eigenvalue weighted by molar-refractivity contribution is 5.90. The Hall–Kier alpha value is -1.87. The molecule has 0 bridgehead atoms. The predicted octanol–water partition coefficient (Wildman–Crippen LogP) is -0.00650. The van der Waals surface area contributed by atoms with Gasteiger partial charge >= 0.3 is 6.09 Å². The number of piperazine rings is 1. The molecule has 0 spiro atoms. The third-order valence-electron chi connectivity index (χ3n) is 5.22. The van der Waals surface area contributed by atoms with Gasteiger partial charge < -0.3 is 25.6 Å². The highest BCUT2D eigenvalue weighted by atomic mass is 16.6. The third kappa shape index (κ3) is 6.94. The maximum absolute atomic E-state index is 12.9. The fraction of sp³-hybridized carbons (Fsp3) is 0.842. The second-order valence-corrected chi connectivity index (χ2v) is 8.76. The van der Waals surface area contributed by atoms with E-state index in [2.05, 4.69) is 22.2 Å². The van der Waals surface area contributed by atoms with Gasteiger partial charge in [-0.1, -0.05) is 0 Å². The van der Waals surface area contributed by atoms with E-state index in [-0.39, 0.29) is 12.3 Å². The molecule has 9 heteroatoms. The highest BCUT2D eigenvalue weighted by Crippen LogP contribution is 2.18. The van der Waals surface area contributed by atoms with Crippen molar-refractivity contribution in [1.29, 1.82) is 0 Å². The first-order chi connectivity index (χ1) is 13.0. The summed E-state index contributed by atoms with van der Waals surface area (Å²) in [4.78, 5) is 42.8. The molecular formula is C19H35N5O4. The molecule has 0 aromatic rings. The van der Waals surface area contributed by atoms with Crippen LogP contribution in [0.3, 0.4) is 0 Å². The first-order valence-electron chi connectivity index (χ1n) is 10.0. The van der Waals surface area contributed by atoms with Crippen molar-refractivity contribution in [1.82, 2.24) is 20.0 Å². The van der Waals surface area contributed by atoms with Crippen LogP contribution in [0.5, 0.6) is 0 Å². The number of nitrogens with two attached hydrogens (primary N) is 1. The van der Waals surface area contributed by atoms with Crippen molar-refractivity contribution in [3.05, 3.63) is 0 Å². The molecule has 3 N–H and O–H groups in total. The zero-order chi connectivity index (χ0) is 20.9. The highest BCUT2D eigenvalue weighted by Gasteiger charge is 2.33. The summed E-state index contributed by atoms with van der Waals surface area (Å²) in [6.45, 7) is 10.2. The maximum atomic E-state index is 12.9. The number of rotatable bonds is 5. The summed E-state index contributed by atoms with van der Waals surface area (Å²) in [5.41, 5.74) is 4.59. The van der Waals surface area contributed by atoms with Crippen molar-refractivity contribution in [2.45, 2.75) is 57.7 Å². The predicted molar refractivity (Wildman–Crippen MR) is 106 cm³/mol. The summed E-state index contributed by atoms with van der Waals surface area (Å²) in [6, 6.07) is -0.433. The van der Waals surface area contributed by atoms with Gasteiger partial charge in [-0.25, -0.2) is 4.79 Å². The Morgan fingerprint density at radius 3 is 2.14 bits per heavy atom. The number of likely N-dealkylation sites (tertiary alicyclic amines) is 1. The lowest BCUT2D eigenvalue weighted by Crippen LogP contribution is -2.58. The van der Waals surface area contributed by atoms with Gasteiger partial charge in [-0.05, 0) is 53.8 Å². The Kier molecular flexibility index (Phi) is 7.65. The zero-order valence-electron chi connectivity index (χ0n) is 17.6. The number of carbonyl (C=O) groups excluding carboxylic acids is 3. The zero-order valence-corrected chi connectivity index (χ0v) is 17.6. The molecule has 2 aliphatic rings. The van der Waals surface area contributed by atoms with E-state index in [1.807, 2.05) is 0 Å². The second-order valence-electron chi connectivity index (χ2n) is 8.76. The summed E-state index contributed by atoms with van der Waals surface area (Å²) in [5.74, 6) is -0.924. The Morgan fingerprint density at radius 2 is 1.64 bits per heavy atom. The number of nitrogens with zero attached hydrogens (tertiary/aromatic N) is 3. The molecule has 0 aromatic carbocycles. The quantitative estimate of drug-likeness (QED) is 0.676. The van der Waals surface area contributed by atoms with Crippen molar-refractivity contribution >= 4 is 17.9 Å². The minimum Gasteiger partial charge on any atom is -0.444 e. The van der Waals surface area contributed by atoms with Crippen LogP contribution >= 0.6 is 0 Å². The molecule has 2 saturated heterocycles. The Bertz CT molecular complexity index is 561. The molecule has 2 heterocycles. The molecule has 28 heavy (non-hydrogen) atoms. The van der Waals surface area contributed by atoms with E-state index >= 15 is 0 Å². The molecule has 3 amide bonds. The van der Waals surface area contributed by atoms with Gasteiger partial charge in [0.25, 0.3) is 0 Å². The average molecular weight is 398 g/mol. The molecule has 0 unspecified atom stereocenters. The molecule has 0 saturated carbocycles. The van der Waals surface area contributed by atoms with Crippen molar-refractivity contribution < 1.29 is 19.1 Å². The minimum absolute atomic E-state index is 0.243. The van der Waals surface area contributed by atoms with E-state index in [1.54, 1.807) is 25.7 Å². The Labute approximate surface area is 167 Å². The molecule has 0 aliphatic carbocycles. The number of carbonyl (C=O) groups is 3. The van der Waals surface area contributed by atoms with E-state index in [0.717, 1.165) is 39.0 Å². The minimum atomic E-state index is -0.998. The van der Waals surface area contributed by atoms with Gasteiger partial charge in [-0.3, -0.25) is 14.5 Å². The fourth-order valence-corrected chi connectivity index (χ4v) is 3.74. The first-order valence-corrected chi connectivity index (χ1v) is 10.0. The Morgan fingerprint density at radius 1 is 1.07 bits per heavy atom. The average Bonchev–Trinajstić information content (AvgIpc) is 2.59. The van der Waals surface area contributed by atoms with Crippen LogP contribution in [0.1, 0.15) is 40.0 Å². The van der Waals surface area contributed by atoms with E-state index in [4.69, 9.17) is 10.5 Å². The van der Waals surface area contributed by atoms with Crippen LogP contribution in [-0.4, -0.2) is 96.6 Å². The number of hydrogen-bond acceptors (Lipinski definition) is 6. The molecule has 1 atom stereocenters. The molecule has 2 fully saturated rings. The lowest BCUT2D eigenvalue weighted by atomic mass is 10.0. The van der Waals surface area contributed by atoms with Gasteiger partial charge in [0.05, 0.1) is 6.42 Å². The molecule has 2 aliphatic heterocycles. The molecule has 0 aromatic heterocycles. The van der Waals surface area contributed by atoms with Crippen LogP contribution in [0.15, 0.2) is 0 Å². The number of primary amides is 1. The van der Waals surface area contributed by atoms with Crippen molar-refractivity contribution in [3.8, 4) is 0 Å². The summed E-state index contributed by atoms with van der Waals surface area (Å²) in [7, 11) is 2.14. The van der Waals surface area contributed by atoms with Gasteiger partial charge in [-0.2, -0.15) is 0 Å². The van der Waals surface area contributed by atoms with Gasteiger partial charge in [-0.15, -0.1) is 0 Å². The number of hydrogen-bond donors (Lipinski definition) is 2. The summed E-state index contributed by atoms with van der Waals surface area (Å²) >= 11 is 0. The molecule has 9 nitrogen and oxygen atoms in total. The fourth-order valence-electron chi connectivity index (χ4n) is 3.74. The van der Waals surface area contributed by atoms with E-state index in [0.29, 0.717) is 19.1 Å². The number of piperidine rings is 1. The number of alkyl carbamates (subject to hydrolysis) is 1. The third-order valence-corrected chi connectivity index (χ3v) is 5.22. The van der Waals surface area contributed by atoms with Gasteiger partial charge in [0, 0.05) is 32.2 Å². The van der Waals surface area contributed by atoms with E-state index in [9.17, 15) is 14.4 Å². The monoisotopic (exact) mass is 397 g/mol. The second kappa shape index (κ2) is 9.56. The Balaban J connectivity index is 1.90. The molecule has 0 radical (unpaired) electrons. The van der Waals surface area contributed by atoms with Crippen LogP contribution in [0.2, 0.25) is 0 Å². The largest absolute Gasteiger partial charge is 0.444 e. The first kappa shape index (κ1) is 22.4. The van der Waals surface area contributed by atoms with Gasteiger partial charge in [0.2, 0.25) is 11.8 Å². The van der Waals surface area contributed by atoms with Gasteiger partial charge in [0.1, 0.15) is 11.6 Å². The number of ether oxygens (including phenoxy) is 1. The van der Waals surface area contributed by atoms with E-state index < -0.39 is 23.6 Å². The van der Waals surface area contributed by atoms with Crippen LogP contribution < -0.4 is 11.1 Å². The lowest BCUT2D eigenvalue weighted by Gasteiger charge is -2.42. The number of nitrogens with one attached hydrogen (secondary N) is 1. The van der Waals surface area contributed by atoms with Crippen molar-refractivity contribution in [3.63, 3.8) is 0 Å². The van der Waals surface area contributed by atoms with E-state index in [1.165, 1.54) is 0 Å². The lowest BCUT2D eigenvalue weighted by molar-refractivity contribution is -0.137. The summed E-state index contributed by atoms with van der Waals surface area (Å²) < 4.78 is 5.21.